The SMILES string of the molecule is CCOC(=O)c1c(O)c(C)c(-c2c(F)cccc2OC)n(Cc2ccccc2)c1=O. The first-order valence-corrected chi connectivity index (χ1v) is 9.40. The molecule has 0 aliphatic rings. The molecule has 3 rings (SSSR count). The second kappa shape index (κ2) is 8.82. The number of aromatic hydroxyl groups is 1. The van der Waals surface area contributed by atoms with Gasteiger partial charge in [0.05, 0.1) is 31.5 Å². The number of hydrogen-bond donors (Lipinski definition) is 1. The topological polar surface area (TPSA) is 77.8 Å². The summed E-state index contributed by atoms with van der Waals surface area (Å²) in [6.07, 6.45) is 0. The number of ether oxygens (including phenoxy) is 2. The van der Waals surface area contributed by atoms with Crippen LogP contribution in [0.1, 0.15) is 28.4 Å². The van der Waals surface area contributed by atoms with Crippen LogP contribution < -0.4 is 10.3 Å². The van der Waals surface area contributed by atoms with Crippen LogP contribution in [0, 0.1) is 12.7 Å². The minimum atomic E-state index is -0.933. The molecule has 1 aromatic heterocycles. The lowest BCUT2D eigenvalue weighted by Gasteiger charge is -2.21. The molecule has 1 heterocycles. The standard InChI is InChI=1S/C23H22FNO5/c1-4-30-23(28)19-21(26)14(2)20(18-16(24)11-8-12-17(18)29-3)25(22(19)27)13-15-9-6-5-7-10-15/h5-12,26H,4,13H2,1-3H3. The van der Waals surface area contributed by atoms with E-state index >= 15 is 0 Å². The van der Waals surface area contributed by atoms with E-state index < -0.39 is 28.7 Å². The highest BCUT2D eigenvalue weighted by atomic mass is 19.1. The van der Waals surface area contributed by atoms with E-state index in [2.05, 4.69) is 0 Å². The van der Waals surface area contributed by atoms with Gasteiger partial charge in [0.15, 0.2) is 5.56 Å². The van der Waals surface area contributed by atoms with E-state index in [1.807, 2.05) is 18.2 Å². The van der Waals surface area contributed by atoms with E-state index in [1.165, 1.54) is 30.7 Å². The first kappa shape index (κ1) is 21.1. The van der Waals surface area contributed by atoms with Crippen molar-refractivity contribution in [3.63, 3.8) is 0 Å². The van der Waals surface area contributed by atoms with Crippen LogP contribution in [0.25, 0.3) is 11.3 Å². The summed E-state index contributed by atoms with van der Waals surface area (Å²) in [7, 11) is 1.39. The van der Waals surface area contributed by atoms with Crippen molar-refractivity contribution in [1.29, 1.82) is 0 Å². The zero-order valence-electron chi connectivity index (χ0n) is 16.9. The highest BCUT2D eigenvalue weighted by Gasteiger charge is 2.28. The van der Waals surface area contributed by atoms with Crippen LogP contribution in [0.2, 0.25) is 0 Å². The van der Waals surface area contributed by atoms with Crippen LogP contribution in [0.5, 0.6) is 11.5 Å². The molecule has 3 aromatic rings. The van der Waals surface area contributed by atoms with Gasteiger partial charge in [0.2, 0.25) is 0 Å². The Kier molecular flexibility index (Phi) is 6.20. The zero-order valence-corrected chi connectivity index (χ0v) is 16.9. The van der Waals surface area contributed by atoms with Gasteiger partial charge < -0.3 is 19.1 Å². The summed E-state index contributed by atoms with van der Waals surface area (Å²) in [4.78, 5) is 25.7. The maximum Gasteiger partial charge on any atom is 0.347 e. The molecular weight excluding hydrogens is 389 g/mol. The summed E-state index contributed by atoms with van der Waals surface area (Å²) in [5, 5.41) is 10.7. The molecule has 0 bridgehead atoms. The molecular formula is C23H22FNO5. The Morgan fingerprint density at radius 2 is 1.83 bits per heavy atom. The molecule has 0 amide bonds. The number of carbonyl (C=O) groups excluding carboxylic acids is 1. The van der Waals surface area contributed by atoms with Crippen LogP contribution in [-0.2, 0) is 11.3 Å². The van der Waals surface area contributed by atoms with Crippen molar-refractivity contribution in [2.75, 3.05) is 13.7 Å². The van der Waals surface area contributed by atoms with Gasteiger partial charge in [0.1, 0.15) is 17.3 Å². The lowest BCUT2D eigenvalue weighted by molar-refractivity contribution is 0.0520. The maximum atomic E-state index is 14.9. The second-order valence-corrected chi connectivity index (χ2v) is 6.61. The highest BCUT2D eigenvalue weighted by Crippen LogP contribution is 2.38. The van der Waals surface area contributed by atoms with E-state index in [4.69, 9.17) is 9.47 Å². The smallest absolute Gasteiger partial charge is 0.347 e. The fourth-order valence-corrected chi connectivity index (χ4v) is 3.37. The first-order chi connectivity index (χ1) is 14.4. The number of carbonyl (C=O) groups is 1. The number of methoxy groups -OCH3 is 1. The number of esters is 1. The summed E-state index contributed by atoms with van der Waals surface area (Å²) >= 11 is 0. The van der Waals surface area contributed by atoms with E-state index in [0.29, 0.717) is 0 Å². The van der Waals surface area contributed by atoms with Crippen molar-refractivity contribution in [2.45, 2.75) is 20.4 Å². The predicted octanol–water partition coefficient (Wildman–Crippen LogP) is 3.90. The van der Waals surface area contributed by atoms with Gasteiger partial charge in [0.25, 0.3) is 5.56 Å². The minimum absolute atomic E-state index is 0.0243. The predicted molar refractivity (Wildman–Crippen MR) is 111 cm³/mol. The van der Waals surface area contributed by atoms with Crippen molar-refractivity contribution in [3.05, 3.63) is 81.4 Å². The first-order valence-electron chi connectivity index (χ1n) is 9.40. The lowest BCUT2D eigenvalue weighted by Crippen LogP contribution is -2.30. The molecule has 0 saturated heterocycles. The zero-order chi connectivity index (χ0) is 21.8. The van der Waals surface area contributed by atoms with Crippen molar-refractivity contribution >= 4 is 5.97 Å². The maximum absolute atomic E-state index is 14.9. The normalized spacial score (nSPS) is 10.7. The summed E-state index contributed by atoms with van der Waals surface area (Å²) in [5.74, 6) is -1.90. The summed E-state index contributed by atoms with van der Waals surface area (Å²) in [6.45, 7) is 3.21. The number of halogens is 1. The number of benzene rings is 2. The fraction of sp³-hybridized carbons (Fsp3) is 0.217. The van der Waals surface area contributed by atoms with Crippen molar-refractivity contribution in [2.24, 2.45) is 0 Å². The molecule has 7 heteroatoms. The van der Waals surface area contributed by atoms with E-state index in [-0.39, 0.29) is 35.7 Å². The molecule has 6 nitrogen and oxygen atoms in total. The van der Waals surface area contributed by atoms with Crippen LogP contribution in [0.3, 0.4) is 0 Å². The molecule has 0 atom stereocenters. The molecule has 0 saturated carbocycles. The third-order valence-corrected chi connectivity index (χ3v) is 4.77. The van der Waals surface area contributed by atoms with Gasteiger partial charge in [-0.15, -0.1) is 0 Å². The monoisotopic (exact) mass is 411 g/mol. The van der Waals surface area contributed by atoms with E-state index in [9.17, 15) is 19.1 Å². The van der Waals surface area contributed by atoms with Crippen LogP contribution >= 0.6 is 0 Å². The van der Waals surface area contributed by atoms with Gasteiger partial charge in [-0.3, -0.25) is 4.79 Å². The lowest BCUT2D eigenvalue weighted by atomic mass is 10.0. The van der Waals surface area contributed by atoms with Crippen molar-refractivity contribution in [1.82, 2.24) is 4.57 Å². The molecule has 0 spiro atoms. The van der Waals surface area contributed by atoms with Gasteiger partial charge in [-0.1, -0.05) is 36.4 Å². The summed E-state index contributed by atoms with van der Waals surface area (Å²) < 4.78 is 26.4. The number of aromatic nitrogens is 1. The quantitative estimate of drug-likeness (QED) is 0.623. The van der Waals surface area contributed by atoms with Gasteiger partial charge >= 0.3 is 5.97 Å². The Balaban J connectivity index is 2.39. The largest absolute Gasteiger partial charge is 0.506 e. The number of pyridine rings is 1. The Hall–Kier alpha value is -3.61. The third-order valence-electron chi connectivity index (χ3n) is 4.77. The molecule has 30 heavy (non-hydrogen) atoms. The van der Waals surface area contributed by atoms with Gasteiger partial charge in [-0.25, -0.2) is 9.18 Å². The van der Waals surface area contributed by atoms with Crippen LogP contribution in [0.4, 0.5) is 4.39 Å². The molecule has 0 aliphatic carbocycles. The average Bonchev–Trinajstić information content (AvgIpc) is 2.74. The van der Waals surface area contributed by atoms with Gasteiger partial charge in [-0.05, 0) is 31.5 Å². The van der Waals surface area contributed by atoms with Gasteiger partial charge in [0, 0.05) is 5.56 Å². The summed E-state index contributed by atoms with van der Waals surface area (Å²) in [5.41, 5.74) is -0.182. The Morgan fingerprint density at radius 1 is 1.13 bits per heavy atom. The van der Waals surface area contributed by atoms with Crippen LogP contribution in [0.15, 0.2) is 53.3 Å². The number of rotatable bonds is 6. The Morgan fingerprint density at radius 3 is 2.47 bits per heavy atom. The van der Waals surface area contributed by atoms with Crippen LogP contribution in [-0.4, -0.2) is 29.4 Å². The molecule has 1 N–H and O–H groups in total. The molecule has 0 unspecified atom stereocenters. The van der Waals surface area contributed by atoms with E-state index in [1.54, 1.807) is 25.1 Å². The minimum Gasteiger partial charge on any atom is -0.506 e. The van der Waals surface area contributed by atoms with E-state index in [0.717, 1.165) is 5.56 Å². The molecule has 0 radical (unpaired) electrons. The highest BCUT2D eigenvalue weighted by molar-refractivity contribution is 5.93. The summed E-state index contributed by atoms with van der Waals surface area (Å²) in [6, 6.07) is 13.4. The third kappa shape index (κ3) is 3.78. The fourth-order valence-electron chi connectivity index (χ4n) is 3.37. The Bertz CT molecular complexity index is 1140. The molecule has 156 valence electrons. The van der Waals surface area contributed by atoms with Crippen molar-refractivity contribution < 1.29 is 23.8 Å². The Labute approximate surface area is 173 Å². The number of nitrogens with zero attached hydrogens (tertiary/aromatic N) is 1. The molecule has 0 aliphatic heterocycles. The second-order valence-electron chi connectivity index (χ2n) is 6.61. The average molecular weight is 411 g/mol. The van der Waals surface area contributed by atoms with Gasteiger partial charge in [-0.2, -0.15) is 0 Å². The van der Waals surface area contributed by atoms with Crippen molar-refractivity contribution in [3.8, 4) is 22.8 Å². The number of hydrogen-bond acceptors (Lipinski definition) is 5. The molecule has 2 aromatic carbocycles. The molecule has 0 fully saturated rings.